The summed E-state index contributed by atoms with van der Waals surface area (Å²) in [6.45, 7) is 0. The molecular weight excluding hydrogens is 190 g/mol. The lowest BCUT2D eigenvalue weighted by Gasteiger charge is -2.05. The summed E-state index contributed by atoms with van der Waals surface area (Å²) in [4.78, 5) is 4.04. The lowest BCUT2D eigenvalue weighted by atomic mass is 10.4. The third-order valence-corrected chi connectivity index (χ3v) is 3.44. The molecule has 5 nitrogen and oxygen atoms in total. The summed E-state index contributed by atoms with van der Waals surface area (Å²) >= 11 is 0. The zero-order chi connectivity index (χ0) is 9.47. The van der Waals surface area contributed by atoms with Crippen LogP contribution in [-0.2, 0) is 10.2 Å². The lowest BCUT2D eigenvalue weighted by molar-refractivity contribution is 0.576. The van der Waals surface area contributed by atoms with Crippen LogP contribution in [0.1, 0.15) is 24.6 Å². The van der Waals surface area contributed by atoms with Gasteiger partial charge >= 0.3 is 10.2 Å². The number of imidazole rings is 1. The normalized spacial score (nSPS) is 17.6. The second-order valence-electron chi connectivity index (χ2n) is 3.06. The smallest absolute Gasteiger partial charge is 0.240 e. The Morgan fingerprint density at radius 3 is 2.85 bits per heavy atom. The van der Waals surface area contributed by atoms with Gasteiger partial charge in [0.05, 0.1) is 0 Å². The maximum absolute atomic E-state index is 11.4. The predicted molar refractivity (Wildman–Crippen MR) is 47.6 cm³/mol. The summed E-state index contributed by atoms with van der Waals surface area (Å²) in [5, 5.41) is 0. The van der Waals surface area contributed by atoms with Crippen LogP contribution in [0, 0.1) is 0 Å². The topological polar surface area (TPSA) is 64.0 Å². The minimum Gasteiger partial charge on any atom is -0.240 e. The molecule has 2 rings (SSSR count). The summed E-state index contributed by atoms with van der Waals surface area (Å²) in [5.74, 6) is 0.979. The predicted octanol–water partition coefficient (Wildman–Crippen LogP) is 0.0728. The standard InChI is InChI=1S/C7H11N3O2S/c1-8-13(11,12)10-5-4-9-7(10)6-2-3-6/h4-6,8H,2-3H2,1H3. The second kappa shape index (κ2) is 2.81. The summed E-state index contributed by atoms with van der Waals surface area (Å²) in [5.41, 5.74) is 0. The fourth-order valence-electron chi connectivity index (χ4n) is 1.23. The Morgan fingerprint density at radius 2 is 2.31 bits per heavy atom. The van der Waals surface area contributed by atoms with E-state index in [-0.39, 0.29) is 0 Å². The molecule has 6 heteroatoms. The van der Waals surface area contributed by atoms with Crippen molar-refractivity contribution >= 4 is 10.2 Å². The monoisotopic (exact) mass is 201 g/mol. The molecule has 1 N–H and O–H groups in total. The van der Waals surface area contributed by atoms with Crippen LogP contribution in [0.15, 0.2) is 12.4 Å². The number of nitrogens with zero attached hydrogens (tertiary/aromatic N) is 2. The molecule has 1 heterocycles. The molecule has 1 aliphatic rings. The van der Waals surface area contributed by atoms with Gasteiger partial charge in [-0.3, -0.25) is 0 Å². The van der Waals surface area contributed by atoms with Gasteiger partial charge in [-0.25, -0.2) is 13.7 Å². The molecule has 0 spiro atoms. The Balaban J connectivity index is 2.45. The fraction of sp³-hybridized carbons (Fsp3) is 0.571. The van der Waals surface area contributed by atoms with E-state index in [1.165, 1.54) is 23.4 Å². The van der Waals surface area contributed by atoms with E-state index in [0.29, 0.717) is 11.7 Å². The zero-order valence-corrected chi connectivity index (χ0v) is 8.08. The summed E-state index contributed by atoms with van der Waals surface area (Å²) in [6.07, 6.45) is 5.06. The average Bonchev–Trinajstić information content (AvgIpc) is 2.83. The number of aromatic nitrogens is 2. The molecule has 0 atom stereocenters. The average molecular weight is 201 g/mol. The molecule has 1 saturated carbocycles. The van der Waals surface area contributed by atoms with Crippen molar-refractivity contribution in [2.24, 2.45) is 0 Å². The zero-order valence-electron chi connectivity index (χ0n) is 7.27. The minimum absolute atomic E-state index is 0.332. The first-order valence-corrected chi connectivity index (χ1v) is 5.56. The third kappa shape index (κ3) is 1.47. The molecule has 0 unspecified atom stereocenters. The first-order valence-electron chi connectivity index (χ1n) is 4.12. The van der Waals surface area contributed by atoms with E-state index < -0.39 is 10.2 Å². The van der Waals surface area contributed by atoms with Crippen molar-refractivity contribution in [3.05, 3.63) is 18.2 Å². The van der Waals surface area contributed by atoms with E-state index in [2.05, 4.69) is 9.71 Å². The quantitative estimate of drug-likeness (QED) is 0.752. The van der Waals surface area contributed by atoms with Gasteiger partial charge in [0.2, 0.25) is 0 Å². The van der Waals surface area contributed by atoms with Crippen molar-refractivity contribution in [2.45, 2.75) is 18.8 Å². The second-order valence-corrected chi connectivity index (χ2v) is 4.82. The molecule has 0 radical (unpaired) electrons. The van der Waals surface area contributed by atoms with E-state index in [0.717, 1.165) is 12.8 Å². The number of nitrogens with one attached hydrogen (secondary N) is 1. The van der Waals surface area contributed by atoms with Gasteiger partial charge in [0.1, 0.15) is 5.82 Å². The van der Waals surface area contributed by atoms with Gasteiger partial charge < -0.3 is 0 Å². The molecule has 0 saturated heterocycles. The molecule has 1 aromatic heterocycles. The van der Waals surface area contributed by atoms with E-state index in [1.807, 2.05) is 0 Å². The van der Waals surface area contributed by atoms with Gasteiger partial charge in [-0.05, 0) is 12.8 Å². The molecule has 0 aromatic carbocycles. The van der Waals surface area contributed by atoms with Crippen LogP contribution in [0.4, 0.5) is 0 Å². The largest absolute Gasteiger partial charge is 0.306 e. The van der Waals surface area contributed by atoms with Crippen LogP contribution in [0.5, 0.6) is 0 Å². The van der Waals surface area contributed by atoms with Crippen LogP contribution >= 0.6 is 0 Å². The highest BCUT2D eigenvalue weighted by atomic mass is 32.2. The van der Waals surface area contributed by atoms with Crippen LogP contribution in [0.25, 0.3) is 0 Å². The Bertz CT molecular complexity index is 405. The van der Waals surface area contributed by atoms with E-state index in [4.69, 9.17) is 0 Å². The fourth-order valence-corrected chi connectivity index (χ4v) is 2.09. The van der Waals surface area contributed by atoms with Crippen molar-refractivity contribution in [3.63, 3.8) is 0 Å². The Hall–Kier alpha value is -0.880. The molecule has 13 heavy (non-hydrogen) atoms. The van der Waals surface area contributed by atoms with Gasteiger partial charge in [-0.1, -0.05) is 0 Å². The van der Waals surface area contributed by atoms with Gasteiger partial charge in [-0.15, -0.1) is 0 Å². The highest BCUT2D eigenvalue weighted by molar-refractivity contribution is 7.87. The van der Waals surface area contributed by atoms with Gasteiger partial charge in [0.15, 0.2) is 0 Å². The molecule has 1 aliphatic carbocycles. The summed E-state index contributed by atoms with van der Waals surface area (Å²) in [6, 6.07) is 0. The van der Waals surface area contributed by atoms with Crippen molar-refractivity contribution in [2.75, 3.05) is 7.05 Å². The Labute approximate surface area is 77.0 Å². The van der Waals surface area contributed by atoms with E-state index in [1.54, 1.807) is 0 Å². The van der Waals surface area contributed by atoms with Crippen molar-refractivity contribution < 1.29 is 8.42 Å². The van der Waals surface area contributed by atoms with Crippen LogP contribution in [-0.4, -0.2) is 24.4 Å². The van der Waals surface area contributed by atoms with Gasteiger partial charge in [-0.2, -0.15) is 8.42 Å². The van der Waals surface area contributed by atoms with Gasteiger partial charge in [0.25, 0.3) is 0 Å². The first kappa shape index (κ1) is 8.71. The molecule has 72 valence electrons. The minimum atomic E-state index is -3.39. The maximum Gasteiger partial charge on any atom is 0.306 e. The van der Waals surface area contributed by atoms with Crippen LogP contribution in [0.3, 0.4) is 0 Å². The molecule has 1 fully saturated rings. The number of hydrogen-bond donors (Lipinski definition) is 1. The lowest BCUT2D eigenvalue weighted by Crippen LogP contribution is -2.27. The summed E-state index contributed by atoms with van der Waals surface area (Å²) in [7, 11) is -1.99. The highest BCUT2D eigenvalue weighted by Gasteiger charge is 2.30. The Morgan fingerprint density at radius 1 is 1.62 bits per heavy atom. The maximum atomic E-state index is 11.4. The summed E-state index contributed by atoms with van der Waals surface area (Å²) < 4.78 is 26.3. The number of rotatable bonds is 3. The van der Waals surface area contributed by atoms with Crippen molar-refractivity contribution in [1.29, 1.82) is 0 Å². The SMILES string of the molecule is CNS(=O)(=O)n1ccnc1C1CC1. The molecule has 0 bridgehead atoms. The van der Waals surface area contributed by atoms with Crippen molar-refractivity contribution in [1.82, 2.24) is 13.7 Å². The van der Waals surface area contributed by atoms with Crippen LogP contribution < -0.4 is 4.72 Å². The first-order chi connectivity index (χ1) is 6.15. The Kier molecular flexibility index (Phi) is 1.88. The van der Waals surface area contributed by atoms with Crippen LogP contribution in [0.2, 0.25) is 0 Å². The van der Waals surface area contributed by atoms with E-state index >= 15 is 0 Å². The van der Waals surface area contributed by atoms with Crippen molar-refractivity contribution in [3.8, 4) is 0 Å². The molecule has 1 aromatic rings. The third-order valence-electron chi connectivity index (χ3n) is 2.09. The van der Waals surface area contributed by atoms with Gasteiger partial charge in [0, 0.05) is 25.4 Å². The van der Waals surface area contributed by atoms with E-state index in [9.17, 15) is 8.42 Å². The molecular formula is C7H11N3O2S. The molecule has 0 amide bonds. The highest BCUT2D eigenvalue weighted by Crippen LogP contribution is 2.39. The molecule has 0 aliphatic heterocycles. The number of hydrogen-bond acceptors (Lipinski definition) is 3.